The van der Waals surface area contributed by atoms with Crippen LogP contribution in [0.5, 0.6) is 0 Å². The fourth-order valence-corrected chi connectivity index (χ4v) is 4.22. The number of benzene rings is 1. The van der Waals surface area contributed by atoms with Gasteiger partial charge in [-0.05, 0) is 42.5 Å². The number of carbonyl (C=O) groups excluding carboxylic acids is 1. The van der Waals surface area contributed by atoms with E-state index in [0.29, 0.717) is 17.0 Å². The van der Waals surface area contributed by atoms with Gasteiger partial charge in [0.2, 0.25) is 0 Å². The Hall–Kier alpha value is -0.635. The molecule has 0 spiro atoms. The van der Waals surface area contributed by atoms with Crippen LogP contribution >= 0.6 is 30.7 Å². The maximum atomic E-state index is 12.6. The molecule has 2 aromatic rings. The number of carboxylic acid groups (broad SMARTS) is 1. The average Bonchev–Trinajstić information content (AvgIpc) is 3.06. The van der Waals surface area contributed by atoms with E-state index < -0.39 is 25.4 Å². The van der Waals surface area contributed by atoms with Gasteiger partial charge in [0, 0.05) is 18.4 Å². The summed E-state index contributed by atoms with van der Waals surface area (Å²) in [4.78, 5) is 27.1. The minimum Gasteiger partial charge on any atom is -0.861 e. The van der Waals surface area contributed by atoms with Crippen molar-refractivity contribution in [3.05, 3.63) is 51.8 Å². The molecule has 13 heteroatoms. The Kier molecular flexibility index (Phi) is 12.8. The predicted octanol–water partition coefficient (Wildman–Crippen LogP) is -4.12. The zero-order valence-electron chi connectivity index (χ0n) is 16.8. The summed E-state index contributed by atoms with van der Waals surface area (Å²) in [6.45, 7) is 1.74. The van der Waals surface area contributed by atoms with Gasteiger partial charge in [0.15, 0.2) is 0 Å². The van der Waals surface area contributed by atoms with Crippen LogP contribution in [0.3, 0.4) is 0 Å². The second-order valence-corrected chi connectivity index (χ2v) is 8.99. The fourth-order valence-electron chi connectivity index (χ4n) is 2.47. The molecule has 0 radical (unpaired) electrons. The first-order chi connectivity index (χ1) is 13.1. The van der Waals surface area contributed by atoms with Gasteiger partial charge < -0.3 is 24.9 Å². The van der Waals surface area contributed by atoms with Gasteiger partial charge in [-0.1, -0.05) is 36.2 Å². The van der Waals surface area contributed by atoms with Crippen LogP contribution < -0.4 is 53.0 Å². The van der Waals surface area contributed by atoms with Crippen LogP contribution in [0.15, 0.2) is 35.5 Å². The topological polar surface area (TPSA) is 141 Å². The van der Waals surface area contributed by atoms with Gasteiger partial charge in [-0.3, -0.25) is 9.56 Å². The molecular formula is C17H18Cl2Li2N3O5P. The van der Waals surface area contributed by atoms with Crippen molar-refractivity contribution >= 4 is 48.3 Å². The third-order valence-electron chi connectivity index (χ3n) is 3.73. The van der Waals surface area contributed by atoms with E-state index in [1.807, 2.05) is 0 Å². The van der Waals surface area contributed by atoms with E-state index in [1.54, 1.807) is 25.1 Å². The van der Waals surface area contributed by atoms with Crippen LogP contribution in [0.2, 0.25) is 10.0 Å². The van der Waals surface area contributed by atoms with Crippen LogP contribution in [-0.2, 0) is 11.0 Å². The first-order valence-electron chi connectivity index (χ1n) is 8.30. The SMILES string of the molecule is CCCP(=O)(O)N[C@@H](Cc1ccc(Cl)c(Cl)c1)C([O-])=Nc1c[nH]c(C(=O)[O-])c1.[Li+].[Li+]. The maximum Gasteiger partial charge on any atom is 1.00 e. The number of hydrogen-bond donors (Lipinski definition) is 3. The summed E-state index contributed by atoms with van der Waals surface area (Å²) in [5, 5.41) is 26.6. The number of aromatic amines is 1. The van der Waals surface area contributed by atoms with Crippen molar-refractivity contribution in [2.45, 2.75) is 25.8 Å². The van der Waals surface area contributed by atoms with Crippen molar-refractivity contribution < 1.29 is 62.2 Å². The number of nitrogens with one attached hydrogen (secondary N) is 2. The molecule has 0 amide bonds. The molecule has 2 rings (SSSR count). The predicted molar refractivity (Wildman–Crippen MR) is 104 cm³/mol. The van der Waals surface area contributed by atoms with Crippen molar-refractivity contribution in [1.29, 1.82) is 0 Å². The Bertz CT molecular complexity index is 942. The molecule has 8 nitrogen and oxygen atoms in total. The molecule has 0 fully saturated rings. The Morgan fingerprint density at radius 2 is 1.93 bits per heavy atom. The second-order valence-electron chi connectivity index (χ2n) is 6.07. The largest absolute Gasteiger partial charge is 1.00 e. The third-order valence-corrected chi connectivity index (χ3v) is 6.24. The number of aromatic nitrogens is 1. The van der Waals surface area contributed by atoms with Gasteiger partial charge in [0.05, 0.1) is 27.4 Å². The molecule has 0 aliphatic heterocycles. The van der Waals surface area contributed by atoms with E-state index >= 15 is 0 Å². The summed E-state index contributed by atoms with van der Waals surface area (Å²) in [5.41, 5.74) is 0.434. The molecule has 1 aromatic carbocycles. The van der Waals surface area contributed by atoms with E-state index in [-0.39, 0.29) is 66.7 Å². The van der Waals surface area contributed by atoms with Crippen LogP contribution in [0, 0.1) is 0 Å². The Labute approximate surface area is 208 Å². The Balaban J connectivity index is 0.00000420. The average molecular weight is 460 g/mol. The van der Waals surface area contributed by atoms with Crippen LogP contribution in [0.25, 0.3) is 0 Å². The van der Waals surface area contributed by atoms with Gasteiger partial charge in [-0.25, -0.2) is 5.09 Å². The second kappa shape index (κ2) is 13.0. The van der Waals surface area contributed by atoms with E-state index in [0.717, 1.165) is 6.07 Å². The smallest absolute Gasteiger partial charge is 0.861 e. The van der Waals surface area contributed by atoms with Crippen molar-refractivity contribution in [3.63, 3.8) is 0 Å². The summed E-state index contributed by atoms with van der Waals surface area (Å²) >= 11 is 11.9. The zero-order valence-corrected chi connectivity index (χ0v) is 19.2. The van der Waals surface area contributed by atoms with Crippen LogP contribution in [-0.4, -0.2) is 33.9 Å². The monoisotopic (exact) mass is 459 g/mol. The van der Waals surface area contributed by atoms with Crippen molar-refractivity contribution in [2.75, 3.05) is 6.16 Å². The molecule has 0 aliphatic carbocycles. The van der Waals surface area contributed by atoms with Gasteiger partial charge in [-0.2, -0.15) is 0 Å². The van der Waals surface area contributed by atoms with Gasteiger partial charge in [-0.15, -0.1) is 0 Å². The summed E-state index contributed by atoms with van der Waals surface area (Å²) in [6.07, 6.45) is 1.69. The number of carboxylic acids is 1. The molecule has 152 valence electrons. The first-order valence-corrected chi connectivity index (χ1v) is 10.9. The third kappa shape index (κ3) is 8.85. The minimum atomic E-state index is -3.78. The quantitative estimate of drug-likeness (QED) is 0.150. The zero-order chi connectivity index (χ0) is 20.9. The Morgan fingerprint density at radius 3 is 2.47 bits per heavy atom. The van der Waals surface area contributed by atoms with Crippen molar-refractivity contribution in [1.82, 2.24) is 10.1 Å². The Morgan fingerprint density at radius 1 is 1.27 bits per heavy atom. The molecule has 1 heterocycles. The molecular weight excluding hydrogens is 442 g/mol. The molecule has 1 aromatic heterocycles. The van der Waals surface area contributed by atoms with E-state index in [1.165, 1.54) is 6.20 Å². The van der Waals surface area contributed by atoms with Crippen LogP contribution in [0.1, 0.15) is 29.4 Å². The summed E-state index contributed by atoms with van der Waals surface area (Å²) in [7, 11) is -3.78. The summed E-state index contributed by atoms with van der Waals surface area (Å²) < 4.78 is 12.3. The van der Waals surface area contributed by atoms with Gasteiger partial charge >= 0.3 is 37.7 Å². The first kappa shape index (κ1) is 29.4. The maximum absolute atomic E-state index is 12.6. The molecule has 0 saturated carbocycles. The van der Waals surface area contributed by atoms with Gasteiger partial charge in [0.25, 0.3) is 7.52 Å². The number of H-pyrrole nitrogens is 1. The van der Waals surface area contributed by atoms with Crippen molar-refractivity contribution in [3.8, 4) is 0 Å². The molecule has 0 aliphatic rings. The standard InChI is InChI=1S/C17H20Cl2N3O5P.2Li/c1-2-5-28(26,27)22-14(7-10-3-4-12(18)13(19)6-10)16(23)21-11-8-15(17(24)25)20-9-11;;/h3-4,6,8-9,14,20H,2,5,7H2,1H3,(H,21,23)(H,24,25)(H2,22,26,27);;/q;2*+1/p-2/t14-;;/m0../s1. The van der Waals surface area contributed by atoms with E-state index in [9.17, 15) is 24.5 Å². The normalized spacial score (nSPS) is 14.2. The molecule has 1 unspecified atom stereocenters. The van der Waals surface area contributed by atoms with Crippen molar-refractivity contribution in [2.24, 2.45) is 4.99 Å². The number of halogens is 2. The number of rotatable bonds is 9. The summed E-state index contributed by atoms with van der Waals surface area (Å²) in [6, 6.07) is 4.76. The number of hydrogen-bond acceptors (Lipinski definition) is 5. The van der Waals surface area contributed by atoms with Crippen LogP contribution in [0.4, 0.5) is 5.69 Å². The minimum absolute atomic E-state index is 0. The number of aromatic carboxylic acids is 1. The van der Waals surface area contributed by atoms with E-state index in [2.05, 4.69) is 15.1 Å². The molecule has 2 atom stereocenters. The molecule has 3 N–H and O–H groups in total. The number of nitrogens with zero attached hydrogens (tertiary/aromatic N) is 1. The number of aliphatic imine (C=N–C) groups is 1. The fraction of sp³-hybridized carbons (Fsp3) is 0.294. The number of carbonyl (C=O) groups is 1. The van der Waals surface area contributed by atoms with E-state index in [4.69, 9.17) is 23.2 Å². The molecule has 0 bridgehead atoms. The van der Waals surface area contributed by atoms with Gasteiger partial charge in [0.1, 0.15) is 0 Å². The molecule has 0 saturated heterocycles. The summed E-state index contributed by atoms with van der Waals surface area (Å²) in [5.74, 6) is -2.18. The molecule has 30 heavy (non-hydrogen) atoms.